The monoisotopic (exact) mass is 417 g/mol. The zero-order chi connectivity index (χ0) is 21.6. The lowest BCUT2D eigenvalue weighted by Gasteiger charge is -2.12. The third-order valence-electron chi connectivity index (χ3n) is 4.87. The minimum absolute atomic E-state index is 0.0315. The number of nitrogens with one attached hydrogen (secondary N) is 1. The third kappa shape index (κ3) is 4.87. The van der Waals surface area contributed by atoms with E-state index in [1.54, 1.807) is 24.3 Å². The second-order valence-corrected chi connectivity index (χ2v) is 7.03. The topological polar surface area (TPSA) is 80.9 Å². The molecule has 0 bridgehead atoms. The molecule has 3 aromatic carbocycles. The Morgan fingerprint density at radius 1 is 1.00 bits per heavy atom. The van der Waals surface area contributed by atoms with Crippen LogP contribution in [0.15, 0.2) is 77.2 Å². The number of rotatable bonds is 9. The number of aliphatic carboxylic acids is 1. The van der Waals surface area contributed by atoms with Crippen LogP contribution >= 0.6 is 0 Å². The summed E-state index contributed by atoms with van der Waals surface area (Å²) >= 11 is 0. The number of para-hydroxylation sites is 1. The molecule has 1 aromatic heterocycles. The standard InChI is InChI=1S/C25H23NO5/c1-2-22(18-10-11-24-21(16-18)20-8-3-4-9-23(20)31-24)26-30-13-12-29-19-7-5-6-17(14-19)15-25(27)28/h2-11,14,16,26H,12-13,15H2,1H3,(H,27,28). The summed E-state index contributed by atoms with van der Waals surface area (Å²) in [5, 5.41) is 11.0. The summed E-state index contributed by atoms with van der Waals surface area (Å²) < 4.78 is 11.5. The molecule has 31 heavy (non-hydrogen) atoms. The minimum Gasteiger partial charge on any atom is -0.491 e. The Morgan fingerprint density at radius 3 is 2.68 bits per heavy atom. The highest BCUT2D eigenvalue weighted by molar-refractivity contribution is 6.05. The molecule has 2 N–H and O–H groups in total. The van der Waals surface area contributed by atoms with Gasteiger partial charge in [0.1, 0.15) is 30.1 Å². The average Bonchev–Trinajstić information content (AvgIpc) is 3.14. The van der Waals surface area contributed by atoms with Gasteiger partial charge in [0.2, 0.25) is 0 Å². The quantitative estimate of drug-likeness (QED) is 0.289. The Morgan fingerprint density at radius 2 is 1.84 bits per heavy atom. The van der Waals surface area contributed by atoms with Gasteiger partial charge in [0.05, 0.1) is 12.1 Å². The van der Waals surface area contributed by atoms with Crippen LogP contribution in [0.2, 0.25) is 0 Å². The summed E-state index contributed by atoms with van der Waals surface area (Å²) in [5.74, 6) is -0.254. The molecule has 6 nitrogen and oxygen atoms in total. The summed E-state index contributed by atoms with van der Waals surface area (Å²) in [5.41, 5.74) is 7.23. The van der Waals surface area contributed by atoms with E-state index in [4.69, 9.17) is 19.1 Å². The number of allylic oxidation sites excluding steroid dienone is 1. The lowest BCUT2D eigenvalue weighted by atomic mass is 10.1. The van der Waals surface area contributed by atoms with Gasteiger partial charge in [0, 0.05) is 16.3 Å². The normalized spacial score (nSPS) is 11.7. The Kier molecular flexibility index (Phi) is 6.19. The number of hydrogen-bond acceptors (Lipinski definition) is 5. The molecule has 158 valence electrons. The first kappa shape index (κ1) is 20.5. The van der Waals surface area contributed by atoms with Gasteiger partial charge < -0.3 is 14.3 Å². The molecule has 6 heteroatoms. The summed E-state index contributed by atoms with van der Waals surface area (Å²) in [6, 6.07) is 21.1. The predicted molar refractivity (Wildman–Crippen MR) is 120 cm³/mol. The maximum absolute atomic E-state index is 10.8. The van der Waals surface area contributed by atoms with Crippen LogP contribution in [0, 0.1) is 0 Å². The van der Waals surface area contributed by atoms with Gasteiger partial charge in [-0.05, 0) is 48.9 Å². The number of carbonyl (C=O) groups is 1. The Labute approximate surface area is 179 Å². The van der Waals surface area contributed by atoms with E-state index in [1.165, 1.54) is 0 Å². The van der Waals surface area contributed by atoms with Crippen LogP contribution in [-0.2, 0) is 16.1 Å². The van der Waals surface area contributed by atoms with E-state index in [0.717, 1.165) is 33.2 Å². The maximum Gasteiger partial charge on any atom is 0.307 e. The van der Waals surface area contributed by atoms with E-state index >= 15 is 0 Å². The first-order valence-electron chi connectivity index (χ1n) is 10.0. The summed E-state index contributed by atoms with van der Waals surface area (Å²) in [6.07, 6.45) is 1.91. The van der Waals surface area contributed by atoms with Gasteiger partial charge in [0.25, 0.3) is 0 Å². The van der Waals surface area contributed by atoms with Crippen molar-refractivity contribution < 1.29 is 23.9 Å². The van der Waals surface area contributed by atoms with Crippen molar-refractivity contribution in [3.8, 4) is 5.75 Å². The first-order chi connectivity index (χ1) is 15.1. The highest BCUT2D eigenvalue weighted by Crippen LogP contribution is 2.30. The van der Waals surface area contributed by atoms with E-state index in [9.17, 15) is 4.79 Å². The van der Waals surface area contributed by atoms with Gasteiger partial charge in [0.15, 0.2) is 0 Å². The average molecular weight is 417 g/mol. The van der Waals surface area contributed by atoms with Crippen LogP contribution in [-0.4, -0.2) is 24.3 Å². The molecule has 0 unspecified atom stereocenters. The fourth-order valence-electron chi connectivity index (χ4n) is 3.43. The summed E-state index contributed by atoms with van der Waals surface area (Å²) in [6.45, 7) is 2.58. The SMILES string of the molecule is CC=C(NOCCOc1cccc(CC(=O)O)c1)c1ccc2oc3ccccc3c2c1. The van der Waals surface area contributed by atoms with Crippen molar-refractivity contribution in [1.29, 1.82) is 0 Å². The second kappa shape index (κ2) is 9.36. The predicted octanol–water partition coefficient (Wildman–Crippen LogP) is 5.17. The molecule has 4 rings (SSSR count). The minimum atomic E-state index is -0.870. The van der Waals surface area contributed by atoms with Crippen LogP contribution in [0.5, 0.6) is 5.75 Å². The Hall–Kier alpha value is -3.77. The molecule has 0 fully saturated rings. The molecule has 0 radical (unpaired) electrons. The Bertz CT molecular complexity index is 1240. The number of benzene rings is 3. The fraction of sp³-hybridized carbons (Fsp3) is 0.160. The van der Waals surface area contributed by atoms with Crippen molar-refractivity contribution in [1.82, 2.24) is 5.48 Å². The molecule has 0 saturated carbocycles. The number of carboxylic acids is 1. The van der Waals surface area contributed by atoms with Gasteiger partial charge in [-0.25, -0.2) is 0 Å². The largest absolute Gasteiger partial charge is 0.491 e. The molecule has 0 amide bonds. The van der Waals surface area contributed by atoms with Gasteiger partial charge in [-0.15, -0.1) is 0 Å². The zero-order valence-electron chi connectivity index (χ0n) is 17.1. The smallest absolute Gasteiger partial charge is 0.307 e. The van der Waals surface area contributed by atoms with E-state index in [0.29, 0.717) is 24.5 Å². The van der Waals surface area contributed by atoms with Crippen molar-refractivity contribution in [3.63, 3.8) is 0 Å². The third-order valence-corrected chi connectivity index (χ3v) is 4.87. The van der Waals surface area contributed by atoms with E-state index in [1.807, 2.05) is 49.4 Å². The van der Waals surface area contributed by atoms with Crippen LogP contribution < -0.4 is 10.2 Å². The Balaban J connectivity index is 1.34. The summed E-state index contributed by atoms with van der Waals surface area (Å²) in [7, 11) is 0. The van der Waals surface area contributed by atoms with E-state index < -0.39 is 5.97 Å². The van der Waals surface area contributed by atoms with Gasteiger partial charge in [-0.1, -0.05) is 36.4 Å². The molecule has 0 spiro atoms. The second-order valence-electron chi connectivity index (χ2n) is 7.03. The van der Waals surface area contributed by atoms with Gasteiger partial charge >= 0.3 is 5.97 Å². The maximum atomic E-state index is 10.8. The number of furan rings is 1. The molecule has 4 aromatic rings. The molecule has 0 aliphatic rings. The first-order valence-corrected chi connectivity index (χ1v) is 10.0. The van der Waals surface area contributed by atoms with Crippen LogP contribution in [0.1, 0.15) is 18.1 Å². The van der Waals surface area contributed by atoms with Crippen molar-refractivity contribution in [2.45, 2.75) is 13.3 Å². The van der Waals surface area contributed by atoms with E-state index in [-0.39, 0.29) is 6.42 Å². The number of ether oxygens (including phenoxy) is 1. The number of fused-ring (bicyclic) bond motifs is 3. The molecule has 0 aliphatic heterocycles. The molecule has 0 aliphatic carbocycles. The number of carboxylic acid groups (broad SMARTS) is 1. The fourth-order valence-corrected chi connectivity index (χ4v) is 3.43. The number of hydroxylamine groups is 1. The van der Waals surface area contributed by atoms with Crippen molar-refractivity contribution in [2.24, 2.45) is 0 Å². The lowest BCUT2D eigenvalue weighted by Crippen LogP contribution is -2.17. The molecular formula is C25H23NO5. The van der Waals surface area contributed by atoms with Crippen LogP contribution in [0.3, 0.4) is 0 Å². The molecule has 0 atom stereocenters. The molecule has 0 saturated heterocycles. The van der Waals surface area contributed by atoms with Crippen LogP contribution in [0.25, 0.3) is 27.6 Å². The highest BCUT2D eigenvalue weighted by atomic mass is 16.7. The van der Waals surface area contributed by atoms with Crippen molar-refractivity contribution >= 4 is 33.6 Å². The van der Waals surface area contributed by atoms with E-state index in [2.05, 4.69) is 11.5 Å². The number of hydrogen-bond donors (Lipinski definition) is 2. The molecular weight excluding hydrogens is 394 g/mol. The zero-order valence-corrected chi connectivity index (χ0v) is 17.1. The molecule has 1 heterocycles. The summed E-state index contributed by atoms with van der Waals surface area (Å²) in [4.78, 5) is 16.4. The van der Waals surface area contributed by atoms with Crippen molar-refractivity contribution in [2.75, 3.05) is 13.2 Å². The van der Waals surface area contributed by atoms with Gasteiger partial charge in [-0.2, -0.15) is 0 Å². The lowest BCUT2D eigenvalue weighted by molar-refractivity contribution is -0.136. The van der Waals surface area contributed by atoms with Gasteiger partial charge in [-0.3, -0.25) is 15.1 Å². The van der Waals surface area contributed by atoms with Crippen molar-refractivity contribution in [3.05, 3.63) is 83.9 Å². The van der Waals surface area contributed by atoms with Crippen LogP contribution in [0.4, 0.5) is 0 Å². The highest BCUT2D eigenvalue weighted by Gasteiger charge is 2.09.